The molecule has 5 nitrogen and oxygen atoms in total. The van der Waals surface area contributed by atoms with Gasteiger partial charge >= 0.3 is 6.03 Å². The van der Waals surface area contributed by atoms with Gasteiger partial charge in [-0.1, -0.05) is 29.3 Å². The van der Waals surface area contributed by atoms with Gasteiger partial charge in [-0.3, -0.25) is 4.79 Å². The van der Waals surface area contributed by atoms with E-state index < -0.39 is 0 Å². The Hall–Kier alpha value is -1.72. The van der Waals surface area contributed by atoms with E-state index in [1.807, 2.05) is 0 Å². The second-order valence-electron chi connectivity index (χ2n) is 5.26. The third-order valence-corrected chi connectivity index (χ3v) is 4.07. The van der Waals surface area contributed by atoms with Crippen molar-refractivity contribution in [3.05, 3.63) is 45.1 Å². The summed E-state index contributed by atoms with van der Waals surface area (Å²) in [6, 6.07) is 4.53. The first-order valence-corrected chi connectivity index (χ1v) is 7.53. The van der Waals surface area contributed by atoms with Gasteiger partial charge < -0.3 is 15.5 Å². The van der Waals surface area contributed by atoms with E-state index in [1.54, 1.807) is 44.0 Å². The zero-order chi connectivity index (χ0) is 16.4. The average Bonchev–Trinajstić information content (AvgIpc) is 2.40. The molecule has 2 N–H and O–H groups in total. The van der Waals surface area contributed by atoms with E-state index in [1.165, 1.54) is 0 Å². The molecule has 7 heteroatoms. The maximum Gasteiger partial charge on any atom is 0.319 e. The van der Waals surface area contributed by atoms with Crippen molar-refractivity contribution in [2.75, 3.05) is 7.05 Å². The SMILES string of the molecule is CC1=C(C(=O)N(C)Cc2ccc(Cl)cc2Cl)C(C)NC(=O)N1. The molecule has 1 aromatic rings. The molecule has 1 atom stereocenters. The number of allylic oxidation sites excluding steroid dienone is 1. The fourth-order valence-corrected chi connectivity index (χ4v) is 2.86. The quantitative estimate of drug-likeness (QED) is 0.887. The highest BCUT2D eigenvalue weighted by atomic mass is 35.5. The van der Waals surface area contributed by atoms with Crippen LogP contribution in [-0.4, -0.2) is 29.9 Å². The molecule has 1 heterocycles. The summed E-state index contributed by atoms with van der Waals surface area (Å²) < 4.78 is 0. The van der Waals surface area contributed by atoms with Crippen LogP contribution in [0.5, 0.6) is 0 Å². The Bertz CT molecular complexity index is 658. The number of nitrogens with zero attached hydrogens (tertiary/aromatic N) is 1. The molecule has 1 unspecified atom stereocenters. The van der Waals surface area contributed by atoms with Gasteiger partial charge in [0.05, 0.1) is 11.6 Å². The zero-order valence-electron chi connectivity index (χ0n) is 12.5. The monoisotopic (exact) mass is 341 g/mol. The number of amides is 3. The van der Waals surface area contributed by atoms with Gasteiger partial charge in [0.25, 0.3) is 5.91 Å². The molecule has 3 amide bonds. The number of rotatable bonds is 3. The van der Waals surface area contributed by atoms with Gasteiger partial charge in [0.1, 0.15) is 0 Å². The molecule has 0 saturated heterocycles. The van der Waals surface area contributed by atoms with Crippen LogP contribution in [0.4, 0.5) is 4.79 Å². The molecule has 0 fully saturated rings. The summed E-state index contributed by atoms with van der Waals surface area (Å²) in [5.74, 6) is -0.163. The van der Waals surface area contributed by atoms with Crippen molar-refractivity contribution in [2.45, 2.75) is 26.4 Å². The lowest BCUT2D eigenvalue weighted by Gasteiger charge is -2.28. The number of nitrogens with one attached hydrogen (secondary N) is 2. The van der Waals surface area contributed by atoms with Gasteiger partial charge in [0.15, 0.2) is 0 Å². The number of carbonyl (C=O) groups is 2. The Balaban J connectivity index is 2.18. The van der Waals surface area contributed by atoms with Gasteiger partial charge in [-0.05, 0) is 31.5 Å². The van der Waals surface area contributed by atoms with E-state index in [4.69, 9.17) is 23.2 Å². The van der Waals surface area contributed by atoms with E-state index in [2.05, 4.69) is 10.6 Å². The Morgan fingerprint density at radius 2 is 2.05 bits per heavy atom. The Morgan fingerprint density at radius 1 is 1.36 bits per heavy atom. The van der Waals surface area contributed by atoms with Crippen LogP contribution >= 0.6 is 23.2 Å². The molecule has 0 radical (unpaired) electrons. The molecule has 2 rings (SSSR count). The van der Waals surface area contributed by atoms with Crippen molar-refractivity contribution in [2.24, 2.45) is 0 Å². The standard InChI is InChI=1S/C15H17Cl2N3O2/c1-8-13(9(2)19-15(22)18-8)14(21)20(3)7-10-4-5-11(16)6-12(10)17/h4-6,8H,7H2,1-3H3,(H2,18,19,22). The minimum atomic E-state index is -0.343. The summed E-state index contributed by atoms with van der Waals surface area (Å²) >= 11 is 12.0. The summed E-state index contributed by atoms with van der Waals surface area (Å²) in [6.07, 6.45) is 0. The number of halogens is 2. The summed E-state index contributed by atoms with van der Waals surface area (Å²) in [4.78, 5) is 25.6. The average molecular weight is 342 g/mol. The van der Waals surface area contributed by atoms with Crippen LogP contribution in [0.1, 0.15) is 19.4 Å². The number of carbonyl (C=O) groups excluding carboxylic acids is 2. The number of benzene rings is 1. The summed E-state index contributed by atoms with van der Waals surface area (Å²) in [5, 5.41) is 6.36. The second kappa shape index (κ2) is 6.58. The predicted octanol–water partition coefficient (Wildman–Crippen LogP) is 2.93. The molecule has 0 bridgehead atoms. The summed E-state index contributed by atoms with van der Waals surface area (Å²) in [5.41, 5.74) is 1.91. The van der Waals surface area contributed by atoms with Crippen LogP contribution in [0.2, 0.25) is 10.0 Å². The van der Waals surface area contributed by atoms with E-state index in [9.17, 15) is 9.59 Å². The lowest BCUT2D eigenvalue weighted by molar-refractivity contribution is -0.126. The first-order valence-electron chi connectivity index (χ1n) is 6.77. The molecule has 1 aliphatic heterocycles. The molecule has 0 aliphatic carbocycles. The van der Waals surface area contributed by atoms with Crippen molar-refractivity contribution in [3.8, 4) is 0 Å². The number of hydrogen-bond donors (Lipinski definition) is 2. The lowest BCUT2D eigenvalue weighted by Crippen LogP contribution is -2.50. The third-order valence-electron chi connectivity index (χ3n) is 3.49. The normalized spacial score (nSPS) is 17.9. The van der Waals surface area contributed by atoms with Crippen molar-refractivity contribution in [1.29, 1.82) is 0 Å². The van der Waals surface area contributed by atoms with Crippen LogP contribution < -0.4 is 10.6 Å². The second-order valence-corrected chi connectivity index (χ2v) is 6.10. The number of likely N-dealkylation sites (N-methyl/N-ethyl adjacent to an activating group) is 1. The van der Waals surface area contributed by atoms with Crippen molar-refractivity contribution in [3.63, 3.8) is 0 Å². The molecule has 22 heavy (non-hydrogen) atoms. The first kappa shape index (κ1) is 16.6. The molecule has 1 aliphatic rings. The van der Waals surface area contributed by atoms with E-state index in [-0.39, 0.29) is 18.0 Å². The van der Waals surface area contributed by atoms with Crippen LogP contribution in [-0.2, 0) is 11.3 Å². The van der Waals surface area contributed by atoms with Crippen LogP contribution in [0.3, 0.4) is 0 Å². The highest BCUT2D eigenvalue weighted by Gasteiger charge is 2.28. The minimum absolute atomic E-state index is 0.163. The topological polar surface area (TPSA) is 61.4 Å². The molecule has 0 spiro atoms. The smallest absolute Gasteiger partial charge is 0.319 e. The highest BCUT2D eigenvalue weighted by Crippen LogP contribution is 2.23. The molecular weight excluding hydrogens is 325 g/mol. The Kier molecular flexibility index (Phi) is 4.98. The van der Waals surface area contributed by atoms with Crippen molar-refractivity contribution in [1.82, 2.24) is 15.5 Å². The maximum absolute atomic E-state index is 12.6. The largest absolute Gasteiger partial charge is 0.337 e. The number of urea groups is 1. The predicted molar refractivity (Wildman–Crippen MR) is 86.8 cm³/mol. The summed E-state index contributed by atoms with van der Waals surface area (Å²) in [6.45, 7) is 3.84. The summed E-state index contributed by atoms with van der Waals surface area (Å²) in [7, 11) is 1.69. The van der Waals surface area contributed by atoms with Gasteiger partial charge in [0.2, 0.25) is 0 Å². The fourth-order valence-electron chi connectivity index (χ4n) is 2.40. The van der Waals surface area contributed by atoms with Crippen molar-refractivity contribution < 1.29 is 9.59 Å². The highest BCUT2D eigenvalue weighted by molar-refractivity contribution is 6.35. The molecule has 0 aromatic heterocycles. The third kappa shape index (κ3) is 3.54. The van der Waals surface area contributed by atoms with Gasteiger partial charge in [-0.2, -0.15) is 0 Å². The maximum atomic E-state index is 12.6. The van der Waals surface area contributed by atoms with E-state index in [0.717, 1.165) is 5.56 Å². The van der Waals surface area contributed by atoms with Gasteiger partial charge in [-0.25, -0.2) is 4.79 Å². The fraction of sp³-hybridized carbons (Fsp3) is 0.333. The van der Waals surface area contributed by atoms with Crippen molar-refractivity contribution >= 4 is 35.1 Å². The van der Waals surface area contributed by atoms with Crippen LogP contribution in [0.15, 0.2) is 29.5 Å². The minimum Gasteiger partial charge on any atom is -0.337 e. The van der Waals surface area contributed by atoms with Crippen LogP contribution in [0, 0.1) is 0 Å². The van der Waals surface area contributed by atoms with E-state index in [0.29, 0.717) is 27.9 Å². The number of hydrogen-bond acceptors (Lipinski definition) is 2. The molecule has 0 saturated carbocycles. The van der Waals surface area contributed by atoms with Crippen LogP contribution in [0.25, 0.3) is 0 Å². The first-order chi connectivity index (χ1) is 10.3. The van der Waals surface area contributed by atoms with E-state index >= 15 is 0 Å². The Labute approximate surface area is 139 Å². The lowest BCUT2D eigenvalue weighted by atomic mass is 10.0. The Morgan fingerprint density at radius 3 is 2.64 bits per heavy atom. The molecule has 118 valence electrons. The zero-order valence-corrected chi connectivity index (χ0v) is 14.0. The molecular formula is C15H17Cl2N3O2. The van der Waals surface area contributed by atoms with Gasteiger partial charge in [-0.15, -0.1) is 0 Å². The van der Waals surface area contributed by atoms with Gasteiger partial charge in [0, 0.05) is 29.3 Å². The molecule has 1 aromatic carbocycles.